The zero-order chi connectivity index (χ0) is 17.8. The Labute approximate surface area is 175 Å². The Balaban J connectivity index is 1.76. The lowest BCUT2D eigenvalue weighted by atomic mass is 10.1. The maximum atomic E-state index is 6.20. The van der Waals surface area contributed by atoms with Gasteiger partial charge in [0.25, 0.3) is 0 Å². The van der Waals surface area contributed by atoms with Crippen LogP contribution in [0.2, 0.25) is 5.02 Å². The van der Waals surface area contributed by atoms with Gasteiger partial charge in [-0.05, 0) is 69.3 Å². The maximum Gasteiger partial charge on any atom is 0.148 e. The molecule has 2 aromatic rings. The first kappa shape index (κ1) is 19.2. The number of nitrogens with zero attached hydrogens (tertiary/aromatic N) is 1. The lowest BCUT2D eigenvalue weighted by Gasteiger charge is -2.29. The van der Waals surface area contributed by atoms with Gasteiger partial charge in [-0.1, -0.05) is 42.0 Å². The smallest absolute Gasteiger partial charge is 0.148 e. The van der Waals surface area contributed by atoms with Crippen LogP contribution in [0.1, 0.15) is 30.4 Å². The van der Waals surface area contributed by atoms with Crippen molar-refractivity contribution in [2.45, 2.75) is 25.9 Å². The molecule has 1 aliphatic rings. The number of thiocarbonyl (C=S) groups is 1. The molecule has 1 saturated heterocycles. The molecule has 0 N–H and O–H groups in total. The molecule has 0 amide bonds. The van der Waals surface area contributed by atoms with Crippen molar-refractivity contribution in [3.05, 3.63) is 61.5 Å². The van der Waals surface area contributed by atoms with Crippen LogP contribution in [0.5, 0.6) is 5.75 Å². The van der Waals surface area contributed by atoms with Crippen LogP contribution in [0, 0.1) is 0 Å². The first-order chi connectivity index (χ1) is 12.1. The third-order valence-corrected chi connectivity index (χ3v) is 6.26. The van der Waals surface area contributed by atoms with E-state index in [9.17, 15) is 0 Å². The highest BCUT2D eigenvalue weighted by atomic mass is 79.9. The molecule has 0 radical (unpaired) electrons. The summed E-state index contributed by atoms with van der Waals surface area (Å²) in [6.07, 6.45) is 3.71. The Morgan fingerprint density at radius 3 is 2.36 bits per heavy atom. The van der Waals surface area contributed by atoms with Crippen molar-refractivity contribution in [2.24, 2.45) is 0 Å². The molecular weight excluding hydrogens is 486 g/mol. The van der Waals surface area contributed by atoms with E-state index < -0.39 is 0 Å². The van der Waals surface area contributed by atoms with Gasteiger partial charge in [0.2, 0.25) is 0 Å². The number of halogens is 3. The van der Waals surface area contributed by atoms with Gasteiger partial charge in [0, 0.05) is 29.2 Å². The van der Waals surface area contributed by atoms with Crippen molar-refractivity contribution in [1.29, 1.82) is 0 Å². The number of benzene rings is 2. The minimum atomic E-state index is 0.410. The van der Waals surface area contributed by atoms with Crippen LogP contribution in [0.3, 0.4) is 0 Å². The van der Waals surface area contributed by atoms with Gasteiger partial charge >= 0.3 is 0 Å². The van der Waals surface area contributed by atoms with Crippen molar-refractivity contribution in [2.75, 3.05) is 13.1 Å². The second-order valence-corrected chi connectivity index (χ2v) is 8.50. The van der Waals surface area contributed by atoms with Crippen LogP contribution >= 0.6 is 55.7 Å². The number of rotatable bonds is 4. The van der Waals surface area contributed by atoms with Crippen LogP contribution < -0.4 is 4.74 Å². The molecule has 25 heavy (non-hydrogen) atoms. The lowest BCUT2D eigenvalue weighted by Crippen LogP contribution is -2.34. The molecule has 0 aliphatic carbocycles. The molecule has 1 fully saturated rings. The van der Waals surface area contributed by atoms with E-state index in [1.807, 2.05) is 36.4 Å². The van der Waals surface area contributed by atoms with Crippen molar-refractivity contribution >= 4 is 60.7 Å². The van der Waals surface area contributed by atoms with Crippen molar-refractivity contribution in [3.63, 3.8) is 0 Å². The summed E-state index contributed by atoms with van der Waals surface area (Å²) in [7, 11) is 0. The van der Waals surface area contributed by atoms with Gasteiger partial charge in [0.1, 0.15) is 17.3 Å². The van der Waals surface area contributed by atoms with E-state index in [0.29, 0.717) is 11.6 Å². The zero-order valence-electron chi connectivity index (χ0n) is 13.6. The summed E-state index contributed by atoms with van der Waals surface area (Å²) in [5.41, 5.74) is 1.98. The summed E-state index contributed by atoms with van der Waals surface area (Å²) in [4.78, 5) is 3.19. The first-order valence-corrected chi connectivity index (χ1v) is 10.6. The van der Waals surface area contributed by atoms with Gasteiger partial charge in [-0.3, -0.25) is 0 Å². The van der Waals surface area contributed by atoms with Gasteiger partial charge in [-0.15, -0.1) is 0 Å². The molecule has 0 saturated carbocycles. The highest BCUT2D eigenvalue weighted by Crippen LogP contribution is 2.36. The molecule has 132 valence electrons. The molecule has 0 unspecified atom stereocenters. The van der Waals surface area contributed by atoms with Crippen LogP contribution in [-0.4, -0.2) is 23.0 Å². The number of hydrogen-bond donors (Lipinski definition) is 0. The summed E-state index contributed by atoms with van der Waals surface area (Å²) in [5, 5.41) is 0.706. The molecule has 0 spiro atoms. The SMILES string of the molecule is S=C(c1cc(Br)c(OCc2ccccc2Cl)c(Br)c1)N1CCCCC1. The van der Waals surface area contributed by atoms with Crippen LogP contribution in [0.25, 0.3) is 0 Å². The third kappa shape index (κ3) is 4.76. The second kappa shape index (κ2) is 8.85. The van der Waals surface area contributed by atoms with Gasteiger partial charge in [0.15, 0.2) is 0 Å². The van der Waals surface area contributed by atoms with E-state index in [0.717, 1.165) is 43.9 Å². The number of hydrogen-bond acceptors (Lipinski definition) is 2. The molecule has 1 aliphatic heterocycles. The topological polar surface area (TPSA) is 12.5 Å². The van der Waals surface area contributed by atoms with Gasteiger partial charge in [-0.2, -0.15) is 0 Å². The lowest BCUT2D eigenvalue weighted by molar-refractivity contribution is 0.302. The fourth-order valence-corrected chi connectivity index (χ4v) is 4.77. The highest BCUT2D eigenvalue weighted by molar-refractivity contribution is 9.11. The number of piperidine rings is 1. The zero-order valence-corrected chi connectivity index (χ0v) is 18.3. The maximum absolute atomic E-state index is 6.20. The summed E-state index contributed by atoms with van der Waals surface area (Å²) in [6, 6.07) is 11.8. The average molecular weight is 504 g/mol. The Hall–Kier alpha value is -0.620. The minimum Gasteiger partial charge on any atom is -0.486 e. The van der Waals surface area contributed by atoms with Crippen molar-refractivity contribution in [3.8, 4) is 5.75 Å². The van der Waals surface area contributed by atoms with Crippen LogP contribution in [-0.2, 0) is 6.61 Å². The van der Waals surface area contributed by atoms with Gasteiger partial charge in [-0.25, -0.2) is 0 Å². The molecule has 2 aromatic carbocycles. The molecule has 0 bridgehead atoms. The van der Waals surface area contributed by atoms with E-state index in [-0.39, 0.29) is 0 Å². The van der Waals surface area contributed by atoms with E-state index in [4.69, 9.17) is 28.6 Å². The van der Waals surface area contributed by atoms with Crippen LogP contribution in [0.4, 0.5) is 0 Å². The number of likely N-dealkylation sites (tertiary alicyclic amines) is 1. The normalized spacial score (nSPS) is 14.4. The summed E-state index contributed by atoms with van der Waals surface area (Å²) in [6.45, 7) is 2.49. The molecule has 3 rings (SSSR count). The molecular formula is C19H18Br2ClNOS. The van der Waals surface area contributed by atoms with E-state index in [2.05, 4.69) is 36.8 Å². The Kier molecular flexibility index (Phi) is 6.78. The molecule has 0 aromatic heterocycles. The predicted octanol–water partition coefficient (Wildman–Crippen LogP) is 6.61. The first-order valence-electron chi connectivity index (χ1n) is 8.21. The predicted molar refractivity (Wildman–Crippen MR) is 115 cm³/mol. The molecule has 1 heterocycles. The average Bonchev–Trinajstić information content (AvgIpc) is 2.62. The van der Waals surface area contributed by atoms with E-state index >= 15 is 0 Å². The standard InChI is InChI=1S/C19H18Br2ClNOS/c20-15-10-14(19(25)23-8-4-1-5-9-23)11-16(21)18(15)24-12-13-6-2-3-7-17(13)22/h2-3,6-7,10-11H,1,4-5,8-9,12H2. The molecule has 6 heteroatoms. The fraction of sp³-hybridized carbons (Fsp3) is 0.316. The highest BCUT2D eigenvalue weighted by Gasteiger charge is 2.18. The largest absolute Gasteiger partial charge is 0.486 e. The summed E-state index contributed by atoms with van der Waals surface area (Å²) >= 11 is 19.1. The van der Waals surface area contributed by atoms with Gasteiger partial charge in [0.05, 0.1) is 8.95 Å². The third-order valence-electron chi connectivity index (χ3n) is 4.22. The summed E-state index contributed by atoms with van der Waals surface area (Å²) < 4.78 is 7.74. The Morgan fingerprint density at radius 1 is 1.08 bits per heavy atom. The van der Waals surface area contributed by atoms with Gasteiger partial charge < -0.3 is 9.64 Å². The Morgan fingerprint density at radius 2 is 1.72 bits per heavy atom. The fourth-order valence-electron chi connectivity index (χ4n) is 2.87. The molecule has 2 nitrogen and oxygen atoms in total. The summed E-state index contributed by atoms with van der Waals surface area (Å²) in [5.74, 6) is 0.755. The minimum absolute atomic E-state index is 0.410. The number of ether oxygens (including phenoxy) is 1. The quantitative estimate of drug-likeness (QED) is 0.436. The molecule has 0 atom stereocenters. The van der Waals surface area contributed by atoms with E-state index in [1.54, 1.807) is 0 Å². The van der Waals surface area contributed by atoms with E-state index in [1.165, 1.54) is 19.3 Å². The van der Waals surface area contributed by atoms with Crippen LogP contribution in [0.15, 0.2) is 45.3 Å². The van der Waals surface area contributed by atoms with Crippen molar-refractivity contribution < 1.29 is 4.74 Å². The van der Waals surface area contributed by atoms with Crippen molar-refractivity contribution in [1.82, 2.24) is 4.90 Å². The Bertz CT molecular complexity index is 755. The second-order valence-electron chi connectivity index (χ2n) is 6.00. The monoisotopic (exact) mass is 501 g/mol.